The molecule has 0 aliphatic rings. The molecule has 1 N–H and O–H groups in total. The normalized spacial score (nSPS) is 12.8. The zero-order valence-electron chi connectivity index (χ0n) is 21.5. The van der Waals surface area contributed by atoms with Crippen molar-refractivity contribution in [3.63, 3.8) is 0 Å². The standard InChI is InChI=1S/C26H36ClN3O4S/c1-18(2)28-25(32)19(3)29(16-20-10-8-9-11-23(20)27)24(31)17-30(35(7,33)34)22-14-12-21(13-15-22)26(4,5)6/h8-15,18-19H,16-17H2,1-7H3,(H,28,32)/t19-/m0/s1. The molecule has 0 aliphatic carbocycles. The van der Waals surface area contributed by atoms with Gasteiger partial charge in [-0.2, -0.15) is 0 Å². The number of benzene rings is 2. The molecule has 0 spiro atoms. The second-order valence-electron chi connectivity index (χ2n) is 10.0. The zero-order valence-corrected chi connectivity index (χ0v) is 23.1. The number of nitrogens with zero attached hydrogens (tertiary/aromatic N) is 2. The van der Waals surface area contributed by atoms with Crippen molar-refractivity contribution in [1.82, 2.24) is 10.2 Å². The lowest BCUT2D eigenvalue weighted by Gasteiger charge is -2.32. The number of anilines is 1. The van der Waals surface area contributed by atoms with E-state index in [-0.39, 0.29) is 23.9 Å². The number of hydrogen-bond donors (Lipinski definition) is 1. The van der Waals surface area contributed by atoms with Crippen LogP contribution in [0.4, 0.5) is 5.69 Å². The van der Waals surface area contributed by atoms with E-state index in [2.05, 4.69) is 26.1 Å². The molecule has 1 atom stereocenters. The summed E-state index contributed by atoms with van der Waals surface area (Å²) in [5, 5.41) is 3.27. The van der Waals surface area contributed by atoms with Gasteiger partial charge in [-0.1, -0.05) is 62.7 Å². The average molecular weight is 522 g/mol. The van der Waals surface area contributed by atoms with E-state index >= 15 is 0 Å². The summed E-state index contributed by atoms with van der Waals surface area (Å²) in [5.74, 6) is -0.845. The lowest BCUT2D eigenvalue weighted by molar-refractivity contribution is -0.139. The van der Waals surface area contributed by atoms with Crippen LogP contribution in [-0.2, 0) is 31.6 Å². The zero-order chi connectivity index (χ0) is 26.6. The molecular weight excluding hydrogens is 486 g/mol. The van der Waals surface area contributed by atoms with E-state index in [9.17, 15) is 18.0 Å². The van der Waals surface area contributed by atoms with Gasteiger partial charge in [0, 0.05) is 17.6 Å². The predicted octanol–water partition coefficient (Wildman–Crippen LogP) is 4.35. The molecule has 0 saturated carbocycles. The largest absolute Gasteiger partial charge is 0.352 e. The quantitative estimate of drug-likeness (QED) is 0.531. The molecule has 7 nitrogen and oxygen atoms in total. The van der Waals surface area contributed by atoms with Crippen LogP contribution in [0.3, 0.4) is 0 Å². The molecule has 35 heavy (non-hydrogen) atoms. The van der Waals surface area contributed by atoms with Crippen LogP contribution in [0.5, 0.6) is 0 Å². The minimum absolute atomic E-state index is 0.0613. The third-order valence-electron chi connectivity index (χ3n) is 5.60. The molecule has 2 aromatic carbocycles. The van der Waals surface area contributed by atoms with E-state index in [1.165, 1.54) is 4.90 Å². The van der Waals surface area contributed by atoms with Crippen LogP contribution in [0.15, 0.2) is 48.5 Å². The third kappa shape index (κ3) is 7.97. The Bertz CT molecular complexity index is 1140. The summed E-state index contributed by atoms with van der Waals surface area (Å²) < 4.78 is 26.4. The molecule has 0 fully saturated rings. The maximum Gasteiger partial charge on any atom is 0.244 e. The Morgan fingerprint density at radius 2 is 1.57 bits per heavy atom. The van der Waals surface area contributed by atoms with Gasteiger partial charge in [0.05, 0.1) is 11.9 Å². The maximum absolute atomic E-state index is 13.5. The van der Waals surface area contributed by atoms with Gasteiger partial charge >= 0.3 is 0 Å². The number of hydrogen-bond acceptors (Lipinski definition) is 4. The maximum atomic E-state index is 13.5. The molecule has 9 heteroatoms. The van der Waals surface area contributed by atoms with Crippen molar-refractivity contribution in [3.8, 4) is 0 Å². The van der Waals surface area contributed by atoms with Crippen molar-refractivity contribution < 1.29 is 18.0 Å². The van der Waals surface area contributed by atoms with Gasteiger partial charge in [0.1, 0.15) is 12.6 Å². The molecule has 2 aromatic rings. The van der Waals surface area contributed by atoms with Gasteiger partial charge in [0.2, 0.25) is 21.8 Å². The highest BCUT2D eigenvalue weighted by atomic mass is 35.5. The molecule has 0 heterocycles. The average Bonchev–Trinajstić information content (AvgIpc) is 2.74. The summed E-state index contributed by atoms with van der Waals surface area (Å²) in [6.45, 7) is 11.1. The SMILES string of the molecule is CC(C)NC(=O)[C@H](C)N(Cc1ccccc1Cl)C(=O)CN(c1ccc(C(C)(C)C)cc1)S(C)(=O)=O. The first-order chi connectivity index (χ1) is 16.1. The molecule has 2 amide bonds. The number of amides is 2. The minimum atomic E-state index is -3.78. The summed E-state index contributed by atoms with van der Waals surface area (Å²) in [6.07, 6.45) is 1.06. The summed E-state index contributed by atoms with van der Waals surface area (Å²) >= 11 is 6.32. The lowest BCUT2D eigenvalue weighted by Crippen LogP contribution is -2.52. The van der Waals surface area contributed by atoms with E-state index < -0.39 is 28.5 Å². The van der Waals surface area contributed by atoms with E-state index in [1.54, 1.807) is 43.3 Å². The van der Waals surface area contributed by atoms with E-state index in [0.29, 0.717) is 16.3 Å². The van der Waals surface area contributed by atoms with Gasteiger partial charge in [-0.05, 0) is 55.5 Å². The summed E-state index contributed by atoms with van der Waals surface area (Å²) in [4.78, 5) is 27.7. The van der Waals surface area contributed by atoms with Gasteiger partial charge in [-0.3, -0.25) is 13.9 Å². The molecular formula is C26H36ClN3O4S. The van der Waals surface area contributed by atoms with Crippen molar-refractivity contribution >= 4 is 39.1 Å². The van der Waals surface area contributed by atoms with Gasteiger partial charge in [0.15, 0.2) is 0 Å². The van der Waals surface area contributed by atoms with Crippen LogP contribution >= 0.6 is 11.6 Å². The van der Waals surface area contributed by atoms with Crippen LogP contribution in [-0.4, -0.2) is 50.0 Å². The monoisotopic (exact) mass is 521 g/mol. The van der Waals surface area contributed by atoms with E-state index in [4.69, 9.17) is 11.6 Å². The molecule has 0 aromatic heterocycles. The Kier molecular flexibility index (Phi) is 9.36. The number of carbonyl (C=O) groups is 2. The Morgan fingerprint density at radius 1 is 1.00 bits per heavy atom. The molecule has 2 rings (SSSR count). The molecule has 0 saturated heterocycles. The number of carbonyl (C=O) groups excluding carboxylic acids is 2. The highest BCUT2D eigenvalue weighted by Gasteiger charge is 2.30. The topological polar surface area (TPSA) is 86.8 Å². The first-order valence-electron chi connectivity index (χ1n) is 11.5. The van der Waals surface area contributed by atoms with Crippen LogP contribution in [0, 0.1) is 0 Å². The first kappa shape index (κ1) is 28.7. The van der Waals surface area contributed by atoms with Gasteiger partial charge in [-0.25, -0.2) is 8.42 Å². The molecule has 0 unspecified atom stereocenters. The smallest absolute Gasteiger partial charge is 0.244 e. The van der Waals surface area contributed by atoms with Crippen molar-refractivity contribution in [2.45, 2.75) is 65.6 Å². The van der Waals surface area contributed by atoms with Gasteiger partial charge < -0.3 is 10.2 Å². The summed E-state index contributed by atoms with van der Waals surface area (Å²) in [6, 6.07) is 13.2. The summed E-state index contributed by atoms with van der Waals surface area (Å²) in [7, 11) is -3.78. The van der Waals surface area contributed by atoms with Gasteiger partial charge in [0.25, 0.3) is 0 Å². The van der Waals surface area contributed by atoms with E-state index in [0.717, 1.165) is 16.1 Å². The van der Waals surface area contributed by atoms with Crippen LogP contribution in [0.2, 0.25) is 5.02 Å². The van der Waals surface area contributed by atoms with Crippen molar-refractivity contribution in [3.05, 3.63) is 64.7 Å². The Balaban J connectivity index is 2.41. The first-order valence-corrected chi connectivity index (χ1v) is 13.8. The van der Waals surface area contributed by atoms with Crippen LogP contribution < -0.4 is 9.62 Å². The lowest BCUT2D eigenvalue weighted by atomic mass is 9.87. The van der Waals surface area contributed by atoms with Crippen LogP contribution in [0.1, 0.15) is 52.7 Å². The minimum Gasteiger partial charge on any atom is -0.352 e. The van der Waals surface area contributed by atoms with Crippen LogP contribution in [0.25, 0.3) is 0 Å². The van der Waals surface area contributed by atoms with Crippen molar-refractivity contribution in [2.75, 3.05) is 17.1 Å². The van der Waals surface area contributed by atoms with E-state index in [1.807, 2.05) is 26.0 Å². The Hall–Kier alpha value is -2.58. The fraction of sp³-hybridized carbons (Fsp3) is 0.462. The van der Waals surface area contributed by atoms with Gasteiger partial charge in [-0.15, -0.1) is 0 Å². The molecule has 192 valence electrons. The number of sulfonamides is 1. The molecule has 0 bridgehead atoms. The Morgan fingerprint density at radius 3 is 2.06 bits per heavy atom. The molecule has 0 aliphatic heterocycles. The third-order valence-corrected chi connectivity index (χ3v) is 7.11. The number of halogens is 1. The number of nitrogens with one attached hydrogen (secondary N) is 1. The molecule has 0 radical (unpaired) electrons. The van der Waals surface area contributed by atoms with Crippen molar-refractivity contribution in [2.24, 2.45) is 0 Å². The second kappa shape index (κ2) is 11.4. The number of rotatable bonds is 9. The fourth-order valence-corrected chi connectivity index (χ4v) is 4.58. The fourth-order valence-electron chi connectivity index (χ4n) is 3.54. The predicted molar refractivity (Wildman–Crippen MR) is 142 cm³/mol. The van der Waals surface area contributed by atoms with Crippen molar-refractivity contribution in [1.29, 1.82) is 0 Å². The highest BCUT2D eigenvalue weighted by Crippen LogP contribution is 2.26. The highest BCUT2D eigenvalue weighted by molar-refractivity contribution is 7.92. The Labute approximate surface area is 214 Å². The second-order valence-corrected chi connectivity index (χ2v) is 12.3. The summed E-state index contributed by atoms with van der Waals surface area (Å²) in [5.41, 5.74) is 1.98.